The van der Waals surface area contributed by atoms with Crippen molar-refractivity contribution in [3.05, 3.63) is 17.3 Å². The molecule has 1 aliphatic rings. The largest absolute Gasteiger partial charge is 0.352 e. The van der Waals surface area contributed by atoms with Crippen LogP contribution in [0.2, 0.25) is 0 Å². The maximum Gasteiger partial charge on any atom is 0.195 e. The Morgan fingerprint density at radius 2 is 2.29 bits per heavy atom. The molecular formula is C16H26N4S. The lowest BCUT2D eigenvalue weighted by Crippen LogP contribution is -2.41. The summed E-state index contributed by atoms with van der Waals surface area (Å²) in [5.74, 6) is 1.99. The van der Waals surface area contributed by atoms with Gasteiger partial charge in [0, 0.05) is 36.6 Å². The van der Waals surface area contributed by atoms with E-state index in [1.165, 1.54) is 24.4 Å². The quantitative estimate of drug-likeness (QED) is 0.942. The number of nitrogens with zero attached hydrogens (tertiary/aromatic N) is 3. The second-order valence-corrected chi connectivity index (χ2v) is 7.36. The van der Waals surface area contributed by atoms with Gasteiger partial charge in [0.2, 0.25) is 0 Å². The third kappa shape index (κ3) is 2.81. The van der Waals surface area contributed by atoms with Gasteiger partial charge in [-0.1, -0.05) is 13.8 Å². The molecular weight excluding hydrogens is 280 g/mol. The second-order valence-electron chi connectivity index (χ2n) is 6.48. The van der Waals surface area contributed by atoms with E-state index in [1.54, 1.807) is 11.3 Å². The first-order valence-electron chi connectivity index (χ1n) is 8.06. The van der Waals surface area contributed by atoms with E-state index in [1.807, 2.05) is 0 Å². The summed E-state index contributed by atoms with van der Waals surface area (Å²) in [6.45, 7) is 7.95. The third-order valence-corrected chi connectivity index (χ3v) is 5.49. The Bertz CT molecular complexity index is 602. The van der Waals surface area contributed by atoms with Crippen molar-refractivity contribution in [1.82, 2.24) is 9.38 Å². The number of imidazole rings is 1. The molecule has 3 atom stereocenters. The van der Waals surface area contributed by atoms with Crippen molar-refractivity contribution in [3.63, 3.8) is 0 Å². The van der Waals surface area contributed by atoms with Crippen LogP contribution in [0.15, 0.2) is 11.6 Å². The first-order chi connectivity index (χ1) is 10.1. The number of aromatic nitrogens is 2. The molecule has 0 aliphatic carbocycles. The SMILES string of the molecule is CCC(N)Cc1c(N2CCC(C)CC2C)nc2sccn12. The summed E-state index contributed by atoms with van der Waals surface area (Å²) in [5.41, 5.74) is 7.52. The normalized spacial score (nSPS) is 24.7. The third-order valence-electron chi connectivity index (χ3n) is 4.73. The van der Waals surface area contributed by atoms with Crippen molar-refractivity contribution in [1.29, 1.82) is 0 Å². The summed E-state index contributed by atoms with van der Waals surface area (Å²) < 4.78 is 2.24. The van der Waals surface area contributed by atoms with E-state index in [4.69, 9.17) is 10.7 Å². The number of hydrogen-bond acceptors (Lipinski definition) is 4. The van der Waals surface area contributed by atoms with Gasteiger partial charge in [0.15, 0.2) is 10.8 Å². The molecule has 2 N–H and O–H groups in total. The molecule has 1 saturated heterocycles. The second kappa shape index (κ2) is 5.97. The lowest BCUT2D eigenvalue weighted by Gasteiger charge is -2.37. The first kappa shape index (κ1) is 14.9. The van der Waals surface area contributed by atoms with Gasteiger partial charge in [-0.15, -0.1) is 11.3 Å². The van der Waals surface area contributed by atoms with E-state index < -0.39 is 0 Å². The Morgan fingerprint density at radius 1 is 1.48 bits per heavy atom. The van der Waals surface area contributed by atoms with Gasteiger partial charge in [-0.3, -0.25) is 4.40 Å². The fourth-order valence-electron chi connectivity index (χ4n) is 3.36. The van der Waals surface area contributed by atoms with E-state index >= 15 is 0 Å². The topological polar surface area (TPSA) is 46.6 Å². The molecule has 0 radical (unpaired) electrons. The highest BCUT2D eigenvalue weighted by molar-refractivity contribution is 7.15. The number of thiazole rings is 1. The van der Waals surface area contributed by atoms with Crippen LogP contribution in [0.1, 0.15) is 45.7 Å². The maximum atomic E-state index is 6.22. The van der Waals surface area contributed by atoms with Gasteiger partial charge >= 0.3 is 0 Å². The average Bonchev–Trinajstić information content (AvgIpc) is 3.01. The molecule has 3 unspecified atom stereocenters. The van der Waals surface area contributed by atoms with Crippen molar-refractivity contribution in [2.75, 3.05) is 11.4 Å². The van der Waals surface area contributed by atoms with Crippen LogP contribution in [0.4, 0.5) is 5.82 Å². The van der Waals surface area contributed by atoms with Gasteiger partial charge in [0.05, 0.1) is 5.69 Å². The molecule has 3 rings (SSSR count). The van der Waals surface area contributed by atoms with Crippen LogP contribution < -0.4 is 10.6 Å². The van der Waals surface area contributed by atoms with Crippen LogP contribution in [0.3, 0.4) is 0 Å². The Morgan fingerprint density at radius 3 is 3.00 bits per heavy atom. The van der Waals surface area contributed by atoms with Crippen molar-refractivity contribution in [3.8, 4) is 0 Å². The molecule has 3 heterocycles. The number of fused-ring (bicyclic) bond motifs is 1. The molecule has 1 aliphatic heterocycles. The summed E-state index contributed by atoms with van der Waals surface area (Å²) in [7, 11) is 0. The van der Waals surface area contributed by atoms with Gasteiger partial charge in [-0.2, -0.15) is 0 Å². The van der Waals surface area contributed by atoms with Crippen molar-refractivity contribution in [2.24, 2.45) is 11.7 Å². The molecule has 2 aromatic rings. The molecule has 0 spiro atoms. The average molecular weight is 306 g/mol. The lowest BCUT2D eigenvalue weighted by atomic mass is 9.93. The zero-order valence-electron chi connectivity index (χ0n) is 13.2. The number of anilines is 1. The highest BCUT2D eigenvalue weighted by Crippen LogP contribution is 2.32. The van der Waals surface area contributed by atoms with Crippen LogP contribution in [0, 0.1) is 5.92 Å². The Kier molecular flexibility index (Phi) is 4.22. The van der Waals surface area contributed by atoms with Crippen LogP contribution in [0.25, 0.3) is 4.96 Å². The zero-order chi connectivity index (χ0) is 15.0. The van der Waals surface area contributed by atoms with E-state index in [-0.39, 0.29) is 6.04 Å². The standard InChI is InChI=1S/C16H26N4S/c1-4-13(17)10-14-15(18-16-20(14)7-8-21-16)19-6-5-11(2)9-12(19)3/h7-8,11-13H,4-6,9-10,17H2,1-3H3. The minimum Gasteiger partial charge on any atom is -0.352 e. The van der Waals surface area contributed by atoms with E-state index in [9.17, 15) is 0 Å². The summed E-state index contributed by atoms with van der Waals surface area (Å²) in [6, 6.07) is 0.775. The van der Waals surface area contributed by atoms with Crippen LogP contribution in [0.5, 0.6) is 0 Å². The summed E-state index contributed by atoms with van der Waals surface area (Å²) in [4.78, 5) is 8.50. The highest BCUT2D eigenvalue weighted by atomic mass is 32.1. The predicted octanol–water partition coefficient (Wildman–Crippen LogP) is 3.30. The molecule has 1 fully saturated rings. The van der Waals surface area contributed by atoms with Crippen molar-refractivity contribution in [2.45, 2.75) is 58.5 Å². The van der Waals surface area contributed by atoms with Crippen molar-refractivity contribution >= 4 is 22.1 Å². The molecule has 4 nitrogen and oxygen atoms in total. The highest BCUT2D eigenvalue weighted by Gasteiger charge is 2.28. The fraction of sp³-hybridized carbons (Fsp3) is 0.688. The van der Waals surface area contributed by atoms with Crippen LogP contribution in [-0.4, -0.2) is 28.0 Å². The Balaban J connectivity index is 1.97. The minimum atomic E-state index is 0.211. The number of hydrogen-bond donors (Lipinski definition) is 1. The van der Waals surface area contributed by atoms with E-state index in [2.05, 4.69) is 41.6 Å². The molecule has 0 aromatic carbocycles. The molecule has 116 valence electrons. The lowest BCUT2D eigenvalue weighted by molar-refractivity contribution is 0.375. The molecule has 2 aromatic heterocycles. The molecule has 5 heteroatoms. The van der Waals surface area contributed by atoms with E-state index in [0.717, 1.165) is 30.3 Å². The number of rotatable bonds is 4. The van der Waals surface area contributed by atoms with Gasteiger partial charge < -0.3 is 10.6 Å². The number of piperidine rings is 1. The Hall–Kier alpha value is -1.07. The zero-order valence-corrected chi connectivity index (χ0v) is 14.1. The number of nitrogens with two attached hydrogens (primary N) is 1. The van der Waals surface area contributed by atoms with Gasteiger partial charge in [0.1, 0.15) is 0 Å². The summed E-state index contributed by atoms with van der Waals surface area (Å²) in [5, 5.41) is 2.11. The van der Waals surface area contributed by atoms with Gasteiger partial charge in [0.25, 0.3) is 0 Å². The van der Waals surface area contributed by atoms with Gasteiger partial charge in [-0.05, 0) is 32.1 Å². The van der Waals surface area contributed by atoms with Crippen LogP contribution >= 0.6 is 11.3 Å². The molecule has 0 bridgehead atoms. The summed E-state index contributed by atoms with van der Waals surface area (Å²) in [6.07, 6.45) is 6.55. The first-order valence-corrected chi connectivity index (χ1v) is 8.94. The van der Waals surface area contributed by atoms with E-state index in [0.29, 0.717) is 6.04 Å². The molecule has 21 heavy (non-hydrogen) atoms. The summed E-state index contributed by atoms with van der Waals surface area (Å²) >= 11 is 1.71. The fourth-order valence-corrected chi connectivity index (χ4v) is 4.08. The van der Waals surface area contributed by atoms with Gasteiger partial charge in [-0.25, -0.2) is 4.98 Å². The Labute approximate surface area is 131 Å². The van der Waals surface area contributed by atoms with Crippen LogP contribution in [-0.2, 0) is 6.42 Å². The molecule has 0 saturated carbocycles. The van der Waals surface area contributed by atoms with Crippen molar-refractivity contribution < 1.29 is 0 Å². The smallest absolute Gasteiger partial charge is 0.195 e. The maximum absolute atomic E-state index is 6.22. The predicted molar refractivity (Wildman–Crippen MR) is 90.2 cm³/mol. The monoisotopic (exact) mass is 306 g/mol. The molecule has 0 amide bonds. The minimum absolute atomic E-state index is 0.211.